The lowest BCUT2D eigenvalue weighted by atomic mass is 9.75. The molecule has 2 saturated heterocycles. The largest absolute Gasteiger partial charge is 0.306 e. The van der Waals surface area contributed by atoms with Crippen LogP contribution in [0.3, 0.4) is 0 Å². The fourth-order valence-electron chi connectivity index (χ4n) is 4.29. The van der Waals surface area contributed by atoms with Crippen LogP contribution in [0.2, 0.25) is 0 Å². The maximum atomic E-state index is 3.90. The first-order valence-electron chi connectivity index (χ1n) is 8.41. The van der Waals surface area contributed by atoms with Crippen LogP contribution in [0.1, 0.15) is 51.0 Å². The molecule has 0 bridgehead atoms. The molecule has 0 aliphatic carbocycles. The van der Waals surface area contributed by atoms with Gasteiger partial charge in [0.1, 0.15) is 0 Å². The molecular formula is C18H28N2. The molecule has 3 rings (SSSR count). The van der Waals surface area contributed by atoms with Crippen molar-refractivity contribution in [2.24, 2.45) is 0 Å². The highest BCUT2D eigenvalue weighted by Gasteiger charge is 2.43. The molecule has 1 aromatic carbocycles. The third kappa shape index (κ3) is 2.51. The molecule has 0 radical (unpaired) electrons. The summed E-state index contributed by atoms with van der Waals surface area (Å²) in [5, 5.41) is 3.90. The van der Waals surface area contributed by atoms with Gasteiger partial charge in [-0.25, -0.2) is 0 Å². The Morgan fingerprint density at radius 1 is 1.10 bits per heavy atom. The zero-order chi connectivity index (χ0) is 13.8. The predicted molar refractivity (Wildman–Crippen MR) is 84.9 cm³/mol. The van der Waals surface area contributed by atoms with Crippen molar-refractivity contribution in [3.63, 3.8) is 0 Å². The minimum Gasteiger partial charge on any atom is -0.306 e. The Morgan fingerprint density at radius 3 is 2.55 bits per heavy atom. The molecule has 0 amide bonds. The van der Waals surface area contributed by atoms with Gasteiger partial charge in [-0.15, -0.1) is 0 Å². The third-order valence-electron chi connectivity index (χ3n) is 5.34. The van der Waals surface area contributed by atoms with Crippen LogP contribution in [0.4, 0.5) is 0 Å². The molecule has 2 heterocycles. The van der Waals surface area contributed by atoms with Crippen molar-refractivity contribution in [1.29, 1.82) is 0 Å². The molecule has 2 heteroatoms. The number of hydrogen-bond donors (Lipinski definition) is 1. The number of piperidine rings is 2. The average Bonchev–Trinajstić information content (AvgIpc) is 2.56. The number of likely N-dealkylation sites (tertiary alicyclic amines) is 1. The van der Waals surface area contributed by atoms with Crippen LogP contribution >= 0.6 is 0 Å². The van der Waals surface area contributed by atoms with E-state index in [9.17, 15) is 0 Å². The highest BCUT2D eigenvalue weighted by molar-refractivity contribution is 5.28. The number of benzene rings is 1. The van der Waals surface area contributed by atoms with Crippen molar-refractivity contribution in [3.8, 4) is 0 Å². The van der Waals surface area contributed by atoms with Gasteiger partial charge < -0.3 is 5.32 Å². The van der Waals surface area contributed by atoms with E-state index in [4.69, 9.17) is 0 Å². The molecule has 2 unspecified atom stereocenters. The second-order valence-corrected chi connectivity index (χ2v) is 6.37. The van der Waals surface area contributed by atoms with Gasteiger partial charge >= 0.3 is 0 Å². The monoisotopic (exact) mass is 272 g/mol. The fourth-order valence-corrected chi connectivity index (χ4v) is 4.29. The molecule has 2 aliphatic heterocycles. The van der Waals surface area contributed by atoms with Crippen molar-refractivity contribution in [2.45, 2.75) is 57.0 Å². The smallest absolute Gasteiger partial charge is 0.0589 e. The molecule has 2 atom stereocenters. The van der Waals surface area contributed by atoms with Crippen LogP contribution in [0, 0.1) is 0 Å². The summed E-state index contributed by atoms with van der Waals surface area (Å²) in [5.74, 6) is 0. The lowest BCUT2D eigenvalue weighted by Crippen LogP contribution is -2.61. The summed E-state index contributed by atoms with van der Waals surface area (Å²) >= 11 is 0. The summed E-state index contributed by atoms with van der Waals surface area (Å²) in [6, 6.07) is 11.8. The molecule has 0 spiro atoms. The summed E-state index contributed by atoms with van der Waals surface area (Å²) in [5.41, 5.74) is 1.65. The molecule has 2 nitrogen and oxygen atoms in total. The normalized spacial score (nSPS) is 32.1. The van der Waals surface area contributed by atoms with Gasteiger partial charge in [-0.2, -0.15) is 0 Å². The molecule has 20 heavy (non-hydrogen) atoms. The van der Waals surface area contributed by atoms with Gasteiger partial charge in [-0.05, 0) is 57.3 Å². The van der Waals surface area contributed by atoms with Crippen molar-refractivity contribution < 1.29 is 0 Å². The van der Waals surface area contributed by atoms with Crippen LogP contribution < -0.4 is 5.32 Å². The second-order valence-electron chi connectivity index (χ2n) is 6.37. The minimum atomic E-state index is 0.164. The van der Waals surface area contributed by atoms with E-state index in [0.29, 0.717) is 6.04 Å². The minimum absolute atomic E-state index is 0.164. The van der Waals surface area contributed by atoms with E-state index in [-0.39, 0.29) is 5.54 Å². The van der Waals surface area contributed by atoms with E-state index < -0.39 is 0 Å². The Bertz CT molecular complexity index is 411. The van der Waals surface area contributed by atoms with Crippen LogP contribution in [0.5, 0.6) is 0 Å². The second kappa shape index (κ2) is 6.28. The summed E-state index contributed by atoms with van der Waals surface area (Å²) in [6.45, 7) is 6.09. The Hall–Kier alpha value is -0.860. The molecule has 0 aromatic heterocycles. The molecule has 1 aromatic rings. The van der Waals surface area contributed by atoms with Crippen LogP contribution in [-0.2, 0) is 5.54 Å². The molecule has 2 aliphatic rings. The SMILES string of the molecule is CCC1(c2ccccc2)NCCCC1N1CCCCC1. The zero-order valence-electron chi connectivity index (χ0n) is 12.8. The third-order valence-corrected chi connectivity index (χ3v) is 5.34. The predicted octanol–water partition coefficient (Wildman–Crippen LogP) is 3.53. The van der Waals surface area contributed by atoms with Gasteiger partial charge in [0, 0.05) is 6.04 Å². The van der Waals surface area contributed by atoms with E-state index in [2.05, 4.69) is 47.5 Å². The molecular weight excluding hydrogens is 244 g/mol. The number of nitrogens with one attached hydrogen (secondary N) is 1. The zero-order valence-corrected chi connectivity index (χ0v) is 12.8. The lowest BCUT2D eigenvalue weighted by molar-refractivity contribution is 0.0455. The topological polar surface area (TPSA) is 15.3 Å². The first kappa shape index (κ1) is 14.1. The Kier molecular flexibility index (Phi) is 4.42. The molecule has 2 fully saturated rings. The average molecular weight is 272 g/mol. The maximum absolute atomic E-state index is 3.90. The standard InChI is InChI=1S/C18H28N2/c1-2-18(16-10-5-3-6-11-16)17(12-9-13-19-18)20-14-7-4-8-15-20/h3,5-6,10-11,17,19H,2,4,7-9,12-15H2,1H3. The number of nitrogens with zero attached hydrogens (tertiary/aromatic N) is 1. The highest BCUT2D eigenvalue weighted by atomic mass is 15.2. The van der Waals surface area contributed by atoms with Gasteiger partial charge in [0.05, 0.1) is 5.54 Å². The van der Waals surface area contributed by atoms with E-state index in [1.54, 1.807) is 0 Å². The van der Waals surface area contributed by atoms with Crippen molar-refractivity contribution >= 4 is 0 Å². The maximum Gasteiger partial charge on any atom is 0.0589 e. The van der Waals surface area contributed by atoms with Gasteiger partial charge in [-0.1, -0.05) is 43.7 Å². The van der Waals surface area contributed by atoms with E-state index >= 15 is 0 Å². The van der Waals surface area contributed by atoms with Gasteiger partial charge in [-0.3, -0.25) is 4.90 Å². The van der Waals surface area contributed by atoms with Crippen LogP contribution in [0.15, 0.2) is 30.3 Å². The highest BCUT2D eigenvalue weighted by Crippen LogP contribution is 2.37. The van der Waals surface area contributed by atoms with E-state index in [1.807, 2.05) is 0 Å². The quantitative estimate of drug-likeness (QED) is 0.905. The number of hydrogen-bond acceptors (Lipinski definition) is 2. The number of rotatable bonds is 3. The first-order chi connectivity index (χ1) is 9.87. The lowest BCUT2D eigenvalue weighted by Gasteiger charge is -2.51. The fraction of sp³-hybridized carbons (Fsp3) is 0.667. The van der Waals surface area contributed by atoms with Gasteiger partial charge in [0.2, 0.25) is 0 Å². The summed E-state index contributed by atoms with van der Waals surface area (Å²) in [7, 11) is 0. The van der Waals surface area contributed by atoms with Crippen LogP contribution in [0.25, 0.3) is 0 Å². The van der Waals surface area contributed by atoms with E-state index in [0.717, 1.165) is 6.54 Å². The van der Waals surface area contributed by atoms with E-state index in [1.165, 1.54) is 57.2 Å². The molecule has 0 saturated carbocycles. The molecule has 110 valence electrons. The van der Waals surface area contributed by atoms with Gasteiger partial charge in [0.25, 0.3) is 0 Å². The van der Waals surface area contributed by atoms with Crippen molar-refractivity contribution in [1.82, 2.24) is 10.2 Å². The van der Waals surface area contributed by atoms with Crippen molar-refractivity contribution in [2.75, 3.05) is 19.6 Å². The van der Waals surface area contributed by atoms with Gasteiger partial charge in [0.15, 0.2) is 0 Å². The van der Waals surface area contributed by atoms with Crippen LogP contribution in [-0.4, -0.2) is 30.6 Å². The summed E-state index contributed by atoms with van der Waals surface area (Å²) in [4.78, 5) is 2.77. The summed E-state index contributed by atoms with van der Waals surface area (Å²) in [6.07, 6.45) is 8.01. The summed E-state index contributed by atoms with van der Waals surface area (Å²) < 4.78 is 0. The van der Waals surface area contributed by atoms with Crippen molar-refractivity contribution in [3.05, 3.63) is 35.9 Å². The Morgan fingerprint density at radius 2 is 1.85 bits per heavy atom. The Balaban J connectivity index is 1.92. The molecule has 1 N–H and O–H groups in total. The Labute approximate surface area is 123 Å². The first-order valence-corrected chi connectivity index (χ1v) is 8.41.